The van der Waals surface area contributed by atoms with Gasteiger partial charge in [-0.3, -0.25) is 4.90 Å². The third-order valence-corrected chi connectivity index (χ3v) is 9.87. The van der Waals surface area contributed by atoms with Crippen LogP contribution < -0.4 is 10.2 Å². The van der Waals surface area contributed by atoms with Gasteiger partial charge in [0.1, 0.15) is 23.9 Å². The molecule has 3 aliphatic heterocycles. The van der Waals surface area contributed by atoms with Gasteiger partial charge in [-0.05, 0) is 73.8 Å². The Morgan fingerprint density at radius 1 is 1.02 bits per heavy atom. The molecule has 12 heteroatoms. The zero-order valence-electron chi connectivity index (χ0n) is 25.2. The maximum Gasteiger partial charge on any atom is 0.393 e. The third kappa shape index (κ3) is 5.65. The Morgan fingerprint density at radius 2 is 1.82 bits per heavy atom. The molecule has 3 aliphatic rings. The lowest BCUT2D eigenvalue weighted by Crippen LogP contribution is -2.60. The fourth-order valence-electron chi connectivity index (χ4n) is 7.31. The SMILES string of the molecule is Cc1c(CN2CCC3(CC2)CN(c2ncnc4ccc(CC(F)(F)F)cc24)C3)ccc2c1cc(C#N)n2CCN1CCNC1=O. The van der Waals surface area contributed by atoms with E-state index in [0.29, 0.717) is 48.6 Å². The first-order valence-electron chi connectivity index (χ1n) is 15.4. The molecule has 2 aromatic carbocycles. The highest BCUT2D eigenvalue weighted by Gasteiger charge is 2.45. The van der Waals surface area contributed by atoms with Crippen LogP contribution >= 0.6 is 0 Å². The van der Waals surface area contributed by atoms with Crippen molar-refractivity contribution in [3.8, 4) is 6.07 Å². The number of anilines is 1. The fourth-order valence-corrected chi connectivity index (χ4v) is 7.31. The average molecular weight is 617 g/mol. The van der Waals surface area contributed by atoms with Gasteiger partial charge in [-0.25, -0.2) is 14.8 Å². The lowest BCUT2D eigenvalue weighted by atomic mass is 9.72. The van der Waals surface area contributed by atoms with Crippen molar-refractivity contribution in [2.75, 3.05) is 50.7 Å². The quantitative estimate of drug-likeness (QED) is 0.314. The average Bonchev–Trinajstić information content (AvgIpc) is 3.58. The number of nitrogens with one attached hydrogen (secondary N) is 1. The van der Waals surface area contributed by atoms with Gasteiger partial charge in [0.05, 0.1) is 11.9 Å². The number of rotatable bonds is 7. The molecule has 1 spiro atoms. The monoisotopic (exact) mass is 616 g/mol. The molecule has 2 amide bonds. The number of alkyl halides is 3. The molecule has 0 atom stereocenters. The number of likely N-dealkylation sites (tertiary alicyclic amines) is 1. The Balaban J connectivity index is 0.997. The predicted octanol–water partition coefficient (Wildman–Crippen LogP) is 5.00. The number of aryl methyl sites for hydroxylation is 1. The summed E-state index contributed by atoms with van der Waals surface area (Å²) >= 11 is 0. The van der Waals surface area contributed by atoms with Crippen LogP contribution in [0.1, 0.15) is 35.2 Å². The number of nitriles is 1. The number of hydrogen-bond donors (Lipinski definition) is 1. The molecule has 4 aromatic rings. The second-order valence-corrected chi connectivity index (χ2v) is 12.8. The molecule has 0 unspecified atom stereocenters. The van der Waals surface area contributed by atoms with Gasteiger partial charge in [0.25, 0.3) is 0 Å². The number of carbonyl (C=O) groups is 1. The number of nitrogens with zero attached hydrogens (tertiary/aromatic N) is 7. The first-order valence-corrected chi connectivity index (χ1v) is 15.4. The maximum absolute atomic E-state index is 13.0. The maximum atomic E-state index is 13.0. The van der Waals surface area contributed by atoms with Crippen LogP contribution in [0.15, 0.2) is 42.7 Å². The van der Waals surface area contributed by atoms with Crippen molar-refractivity contribution in [3.05, 3.63) is 65.1 Å². The van der Waals surface area contributed by atoms with Crippen molar-refractivity contribution in [1.29, 1.82) is 5.26 Å². The molecule has 1 N–H and O–H groups in total. The second-order valence-electron chi connectivity index (χ2n) is 12.8. The summed E-state index contributed by atoms with van der Waals surface area (Å²) in [4.78, 5) is 27.2. The van der Waals surface area contributed by atoms with E-state index in [2.05, 4.69) is 50.2 Å². The van der Waals surface area contributed by atoms with Gasteiger partial charge in [-0.2, -0.15) is 18.4 Å². The van der Waals surface area contributed by atoms with Crippen molar-refractivity contribution in [1.82, 2.24) is 29.7 Å². The van der Waals surface area contributed by atoms with Crippen LogP contribution in [0.25, 0.3) is 21.8 Å². The normalized spacial score (nSPS) is 18.5. The smallest absolute Gasteiger partial charge is 0.355 e. The van der Waals surface area contributed by atoms with E-state index in [0.717, 1.165) is 56.5 Å². The first-order chi connectivity index (χ1) is 21.6. The van der Waals surface area contributed by atoms with Crippen molar-refractivity contribution < 1.29 is 18.0 Å². The molecule has 5 heterocycles. The molecule has 234 valence electrons. The van der Waals surface area contributed by atoms with E-state index in [-0.39, 0.29) is 17.0 Å². The highest BCUT2D eigenvalue weighted by atomic mass is 19.4. The number of halogens is 3. The Labute approximate surface area is 259 Å². The van der Waals surface area contributed by atoms with Gasteiger partial charge in [-0.1, -0.05) is 12.1 Å². The van der Waals surface area contributed by atoms with Crippen molar-refractivity contribution in [2.45, 2.75) is 45.5 Å². The molecule has 0 saturated carbocycles. The Kier molecular flexibility index (Phi) is 7.31. The number of aromatic nitrogens is 3. The third-order valence-electron chi connectivity index (χ3n) is 9.87. The summed E-state index contributed by atoms with van der Waals surface area (Å²) in [5.74, 6) is 0.716. The number of hydrogen-bond acceptors (Lipinski definition) is 6. The van der Waals surface area contributed by atoms with E-state index in [4.69, 9.17) is 0 Å². The summed E-state index contributed by atoms with van der Waals surface area (Å²) in [6.45, 7) is 9.04. The van der Waals surface area contributed by atoms with Crippen LogP contribution in [0.5, 0.6) is 0 Å². The Hall–Kier alpha value is -4.37. The summed E-state index contributed by atoms with van der Waals surface area (Å²) in [6.07, 6.45) is -1.64. The zero-order chi connectivity index (χ0) is 31.3. The first kappa shape index (κ1) is 29.3. The van der Waals surface area contributed by atoms with Crippen LogP contribution in [0.4, 0.5) is 23.8 Å². The summed E-state index contributed by atoms with van der Waals surface area (Å²) < 4.78 is 41.1. The summed E-state index contributed by atoms with van der Waals surface area (Å²) in [5.41, 5.74) is 5.11. The van der Waals surface area contributed by atoms with Crippen LogP contribution in [0.2, 0.25) is 0 Å². The number of amides is 2. The van der Waals surface area contributed by atoms with Crippen LogP contribution in [0, 0.1) is 23.7 Å². The number of carbonyl (C=O) groups excluding carboxylic acids is 1. The van der Waals surface area contributed by atoms with E-state index < -0.39 is 12.6 Å². The van der Waals surface area contributed by atoms with E-state index in [1.165, 1.54) is 23.5 Å². The standard InChI is InChI=1S/C33H35F3N8O/c1-22-24(3-5-29-26(22)15-25(17-37)44(29)13-12-42-11-8-38-31(42)45)18-41-9-6-32(7-10-41)19-43(20-32)30-27-14-23(16-33(34,35)36)2-4-28(27)39-21-40-30/h2-5,14-15,21H,6-13,16,18-20H2,1H3,(H,38,45). The zero-order valence-corrected chi connectivity index (χ0v) is 25.2. The van der Waals surface area contributed by atoms with E-state index in [1.807, 2.05) is 10.6 Å². The van der Waals surface area contributed by atoms with Gasteiger partial charge < -0.3 is 19.7 Å². The lowest BCUT2D eigenvalue weighted by Gasteiger charge is -2.54. The number of benzene rings is 2. The molecular weight excluding hydrogens is 581 g/mol. The molecule has 9 nitrogen and oxygen atoms in total. The minimum atomic E-state index is -4.26. The molecule has 2 aromatic heterocycles. The summed E-state index contributed by atoms with van der Waals surface area (Å²) in [6, 6.07) is 13.3. The van der Waals surface area contributed by atoms with Crippen molar-refractivity contribution in [3.63, 3.8) is 0 Å². The largest absolute Gasteiger partial charge is 0.393 e. The lowest BCUT2D eigenvalue weighted by molar-refractivity contribution is -0.127. The topological polar surface area (TPSA) is 93.3 Å². The molecule has 3 fully saturated rings. The molecule has 45 heavy (non-hydrogen) atoms. The number of fused-ring (bicyclic) bond motifs is 2. The van der Waals surface area contributed by atoms with E-state index in [1.54, 1.807) is 17.0 Å². The molecule has 3 saturated heterocycles. The molecular formula is C33H35F3N8O. The van der Waals surface area contributed by atoms with E-state index in [9.17, 15) is 23.2 Å². The fraction of sp³-hybridized carbons (Fsp3) is 0.455. The van der Waals surface area contributed by atoms with Gasteiger partial charge in [0, 0.05) is 67.5 Å². The Morgan fingerprint density at radius 3 is 2.53 bits per heavy atom. The van der Waals surface area contributed by atoms with Gasteiger partial charge in [0.2, 0.25) is 0 Å². The summed E-state index contributed by atoms with van der Waals surface area (Å²) in [5, 5.41) is 14.4. The van der Waals surface area contributed by atoms with E-state index >= 15 is 0 Å². The number of piperidine rings is 1. The highest BCUT2D eigenvalue weighted by Crippen LogP contribution is 2.44. The predicted molar refractivity (Wildman–Crippen MR) is 165 cm³/mol. The van der Waals surface area contributed by atoms with Crippen LogP contribution in [0.3, 0.4) is 0 Å². The second kappa shape index (κ2) is 11.2. The minimum absolute atomic E-state index is 0.0534. The molecule has 0 radical (unpaired) electrons. The molecule has 0 bridgehead atoms. The van der Waals surface area contributed by atoms with Crippen LogP contribution in [-0.4, -0.2) is 82.4 Å². The van der Waals surface area contributed by atoms with Crippen molar-refractivity contribution in [2.24, 2.45) is 5.41 Å². The van der Waals surface area contributed by atoms with Crippen LogP contribution in [-0.2, 0) is 19.5 Å². The van der Waals surface area contributed by atoms with Crippen molar-refractivity contribution >= 4 is 33.7 Å². The summed E-state index contributed by atoms with van der Waals surface area (Å²) in [7, 11) is 0. The minimum Gasteiger partial charge on any atom is -0.355 e. The number of urea groups is 1. The van der Waals surface area contributed by atoms with Gasteiger partial charge in [0.15, 0.2) is 0 Å². The molecule has 7 rings (SSSR count). The molecule has 0 aliphatic carbocycles. The Bertz CT molecular complexity index is 1810. The highest BCUT2D eigenvalue weighted by molar-refractivity contribution is 5.90. The van der Waals surface area contributed by atoms with Gasteiger partial charge in [-0.15, -0.1) is 0 Å². The van der Waals surface area contributed by atoms with Gasteiger partial charge >= 0.3 is 12.2 Å².